The van der Waals surface area contributed by atoms with E-state index in [2.05, 4.69) is 10.6 Å². The van der Waals surface area contributed by atoms with Crippen molar-refractivity contribution in [3.63, 3.8) is 0 Å². The second-order valence-electron chi connectivity index (χ2n) is 6.47. The Kier molecular flexibility index (Phi) is 7.28. The Bertz CT molecular complexity index is 779. The van der Waals surface area contributed by atoms with Crippen LogP contribution in [0.25, 0.3) is 0 Å². The molecular weight excluding hydrogens is 375 g/mol. The van der Waals surface area contributed by atoms with Crippen LogP contribution in [-0.4, -0.2) is 69.8 Å². The Morgan fingerprint density at radius 1 is 1.30 bits per heavy atom. The molecule has 150 valence electrons. The number of hydrogen-bond acceptors (Lipinski definition) is 4. The van der Waals surface area contributed by atoms with E-state index in [4.69, 9.17) is 0 Å². The number of likely N-dealkylation sites (N-methyl/N-ethyl adjacent to an activating group) is 1. The van der Waals surface area contributed by atoms with Gasteiger partial charge in [-0.05, 0) is 32.0 Å². The van der Waals surface area contributed by atoms with Crippen LogP contribution in [0.1, 0.15) is 13.8 Å². The molecule has 8 nitrogen and oxygen atoms in total. The zero-order valence-corrected chi connectivity index (χ0v) is 16.3. The van der Waals surface area contributed by atoms with E-state index in [-0.39, 0.29) is 36.3 Å². The normalized spacial score (nSPS) is 17.3. The molecule has 0 bridgehead atoms. The Morgan fingerprint density at radius 3 is 2.56 bits per heavy atom. The fourth-order valence-electron chi connectivity index (χ4n) is 2.91. The highest BCUT2D eigenvalue weighted by atomic mass is 32.2. The van der Waals surface area contributed by atoms with Crippen LogP contribution in [0.3, 0.4) is 0 Å². The second kappa shape index (κ2) is 9.25. The lowest BCUT2D eigenvalue weighted by Crippen LogP contribution is -3.15. The number of quaternary nitrogens is 1. The lowest BCUT2D eigenvalue weighted by atomic mass is 10.3. The van der Waals surface area contributed by atoms with Crippen LogP contribution in [-0.2, 0) is 19.6 Å². The quantitative estimate of drug-likeness (QED) is 0.510. The first-order valence-electron chi connectivity index (χ1n) is 8.90. The van der Waals surface area contributed by atoms with Crippen molar-refractivity contribution in [1.82, 2.24) is 14.9 Å². The number of halogens is 1. The molecule has 1 saturated heterocycles. The predicted octanol–water partition coefficient (Wildman–Crippen LogP) is -1.64. The predicted molar refractivity (Wildman–Crippen MR) is 97.0 cm³/mol. The maximum absolute atomic E-state index is 13.3. The summed E-state index contributed by atoms with van der Waals surface area (Å²) in [4.78, 5) is 24.6. The van der Waals surface area contributed by atoms with Gasteiger partial charge in [-0.25, -0.2) is 12.8 Å². The average Bonchev–Trinajstić information content (AvgIpc) is 2.62. The first kappa shape index (κ1) is 21.3. The third-order valence-corrected chi connectivity index (χ3v) is 6.29. The van der Waals surface area contributed by atoms with Crippen LogP contribution in [0.4, 0.5) is 4.39 Å². The molecule has 1 aromatic carbocycles. The van der Waals surface area contributed by atoms with Crippen LogP contribution in [0, 0.1) is 5.82 Å². The van der Waals surface area contributed by atoms with Crippen molar-refractivity contribution in [2.45, 2.75) is 24.8 Å². The molecule has 1 aromatic rings. The van der Waals surface area contributed by atoms with E-state index in [0.717, 1.165) is 11.0 Å². The summed E-state index contributed by atoms with van der Waals surface area (Å²) >= 11 is 0. The summed E-state index contributed by atoms with van der Waals surface area (Å²) in [6.45, 7) is 5.47. The molecule has 27 heavy (non-hydrogen) atoms. The van der Waals surface area contributed by atoms with Crippen LogP contribution < -0.4 is 15.5 Å². The third-order valence-electron chi connectivity index (χ3n) is 4.40. The first-order valence-corrected chi connectivity index (χ1v) is 10.3. The molecule has 0 unspecified atom stereocenters. The van der Waals surface area contributed by atoms with Crippen molar-refractivity contribution >= 4 is 21.8 Å². The van der Waals surface area contributed by atoms with Gasteiger partial charge in [-0.1, -0.05) is 6.07 Å². The van der Waals surface area contributed by atoms with E-state index >= 15 is 0 Å². The molecule has 3 N–H and O–H groups in total. The molecule has 2 amide bonds. The Morgan fingerprint density at radius 2 is 1.96 bits per heavy atom. The van der Waals surface area contributed by atoms with E-state index in [1.165, 1.54) is 22.5 Å². The summed E-state index contributed by atoms with van der Waals surface area (Å²) in [6.07, 6.45) is 0. The number of carbonyl (C=O) groups is 2. The van der Waals surface area contributed by atoms with Crippen LogP contribution in [0.2, 0.25) is 0 Å². The number of piperazine rings is 1. The fraction of sp³-hybridized carbons (Fsp3) is 0.529. The van der Waals surface area contributed by atoms with Gasteiger partial charge in [0.1, 0.15) is 11.9 Å². The minimum absolute atomic E-state index is 0.0699. The van der Waals surface area contributed by atoms with Crippen molar-refractivity contribution < 1.29 is 27.3 Å². The van der Waals surface area contributed by atoms with Crippen LogP contribution in [0.15, 0.2) is 29.2 Å². The maximum atomic E-state index is 13.3. The topological polar surface area (TPSA) is 100 Å². The number of benzene rings is 1. The number of sulfonamides is 1. The second-order valence-corrected chi connectivity index (χ2v) is 8.41. The van der Waals surface area contributed by atoms with Gasteiger partial charge in [0.2, 0.25) is 15.9 Å². The average molecular weight is 401 g/mol. The highest BCUT2D eigenvalue weighted by molar-refractivity contribution is 7.89. The molecular formula is C17H26FN4O4S+. The number of hydrogen-bond donors (Lipinski definition) is 3. The third kappa shape index (κ3) is 5.72. The summed E-state index contributed by atoms with van der Waals surface area (Å²) in [5.74, 6) is -1.10. The summed E-state index contributed by atoms with van der Waals surface area (Å²) < 4.78 is 39.8. The number of carbonyl (C=O) groups excluding carboxylic acids is 2. The molecule has 1 heterocycles. The SMILES string of the molecule is CCNC(=O)[C@H](C)NC(=O)C[NH+]1CCN(S(=O)(=O)c2cccc(F)c2)CC1. The highest BCUT2D eigenvalue weighted by Crippen LogP contribution is 2.16. The molecule has 10 heteroatoms. The van der Waals surface area contributed by atoms with Crippen molar-refractivity contribution in [2.24, 2.45) is 0 Å². The van der Waals surface area contributed by atoms with Gasteiger partial charge in [0.25, 0.3) is 5.91 Å². The molecule has 1 aliphatic heterocycles. The fourth-order valence-corrected chi connectivity index (χ4v) is 4.38. The summed E-state index contributed by atoms with van der Waals surface area (Å²) in [6, 6.07) is 4.32. The van der Waals surface area contributed by atoms with Gasteiger partial charge < -0.3 is 15.5 Å². The number of nitrogens with one attached hydrogen (secondary N) is 3. The van der Waals surface area contributed by atoms with Crippen molar-refractivity contribution in [1.29, 1.82) is 0 Å². The Hall–Kier alpha value is -2.04. The minimum Gasteiger partial charge on any atom is -0.355 e. The Balaban J connectivity index is 1.86. The van der Waals surface area contributed by atoms with Crippen molar-refractivity contribution in [3.05, 3.63) is 30.1 Å². The molecule has 1 atom stereocenters. The van der Waals surface area contributed by atoms with E-state index in [1.807, 2.05) is 0 Å². The zero-order valence-electron chi connectivity index (χ0n) is 15.5. The molecule has 0 radical (unpaired) electrons. The number of amides is 2. The van der Waals surface area contributed by atoms with Gasteiger partial charge >= 0.3 is 0 Å². The van der Waals surface area contributed by atoms with E-state index in [1.54, 1.807) is 13.8 Å². The summed E-state index contributed by atoms with van der Waals surface area (Å²) in [5, 5.41) is 5.28. The molecule has 0 spiro atoms. The van der Waals surface area contributed by atoms with Gasteiger partial charge in [-0.3, -0.25) is 9.59 Å². The maximum Gasteiger partial charge on any atom is 0.275 e. The number of nitrogens with zero attached hydrogens (tertiary/aromatic N) is 1. The zero-order chi connectivity index (χ0) is 20.0. The van der Waals surface area contributed by atoms with Crippen LogP contribution >= 0.6 is 0 Å². The molecule has 1 aliphatic rings. The largest absolute Gasteiger partial charge is 0.355 e. The smallest absolute Gasteiger partial charge is 0.275 e. The monoisotopic (exact) mass is 401 g/mol. The van der Waals surface area contributed by atoms with Gasteiger partial charge in [-0.2, -0.15) is 4.31 Å². The van der Waals surface area contributed by atoms with Crippen molar-refractivity contribution in [3.8, 4) is 0 Å². The number of rotatable bonds is 7. The van der Waals surface area contributed by atoms with E-state index in [0.29, 0.717) is 19.6 Å². The Labute approximate surface area is 158 Å². The first-order chi connectivity index (χ1) is 12.7. The molecule has 0 saturated carbocycles. The standard InChI is InChI=1S/C17H25FN4O4S/c1-3-19-17(24)13(2)20-16(23)12-21-7-9-22(10-8-21)27(25,26)15-6-4-5-14(18)11-15/h4-6,11,13H,3,7-10,12H2,1-2H3,(H,19,24)(H,20,23)/p+1/t13-/m0/s1. The van der Waals surface area contributed by atoms with Gasteiger partial charge in [-0.15, -0.1) is 0 Å². The molecule has 0 aliphatic carbocycles. The van der Waals surface area contributed by atoms with Gasteiger partial charge in [0, 0.05) is 6.54 Å². The summed E-state index contributed by atoms with van der Waals surface area (Å²) in [5.41, 5.74) is 0. The highest BCUT2D eigenvalue weighted by Gasteiger charge is 2.31. The lowest BCUT2D eigenvalue weighted by Gasteiger charge is -2.31. The summed E-state index contributed by atoms with van der Waals surface area (Å²) in [7, 11) is -3.75. The van der Waals surface area contributed by atoms with Gasteiger partial charge in [0.05, 0.1) is 31.1 Å². The van der Waals surface area contributed by atoms with Crippen LogP contribution in [0.5, 0.6) is 0 Å². The molecule has 1 fully saturated rings. The lowest BCUT2D eigenvalue weighted by molar-refractivity contribution is -0.895. The van der Waals surface area contributed by atoms with E-state index < -0.39 is 21.9 Å². The minimum atomic E-state index is -3.75. The molecule has 2 rings (SSSR count). The van der Waals surface area contributed by atoms with Crippen molar-refractivity contribution in [2.75, 3.05) is 39.3 Å². The molecule has 0 aromatic heterocycles. The van der Waals surface area contributed by atoms with E-state index in [9.17, 15) is 22.4 Å². The van der Waals surface area contributed by atoms with Gasteiger partial charge in [0.15, 0.2) is 6.54 Å².